The van der Waals surface area contributed by atoms with Gasteiger partial charge in [-0.1, -0.05) is 13.8 Å². The fourth-order valence-corrected chi connectivity index (χ4v) is 2.49. The van der Waals surface area contributed by atoms with Gasteiger partial charge in [0.15, 0.2) is 0 Å². The monoisotopic (exact) mass is 270 g/mol. The molecule has 0 aliphatic carbocycles. The summed E-state index contributed by atoms with van der Waals surface area (Å²) in [5, 5.41) is 18.4. The van der Waals surface area contributed by atoms with E-state index in [1.165, 1.54) is 0 Å². The highest BCUT2D eigenvalue weighted by atomic mass is 32.1. The second kappa shape index (κ2) is 8.11. The van der Waals surface area contributed by atoms with Crippen molar-refractivity contribution >= 4 is 23.1 Å². The van der Waals surface area contributed by atoms with Crippen LogP contribution in [0.1, 0.15) is 26.7 Å². The summed E-state index contributed by atoms with van der Waals surface area (Å²) in [5.41, 5.74) is 0.820. The number of carbonyl (C=O) groups is 1. The Balaban J connectivity index is 2.30. The molecule has 18 heavy (non-hydrogen) atoms. The van der Waals surface area contributed by atoms with Crippen LogP contribution in [0.3, 0.4) is 0 Å². The molecule has 0 saturated carbocycles. The van der Waals surface area contributed by atoms with E-state index in [9.17, 15) is 4.79 Å². The third-order valence-electron chi connectivity index (χ3n) is 2.67. The largest absolute Gasteiger partial charge is 0.396 e. The summed E-state index contributed by atoms with van der Waals surface area (Å²) >= 11 is 1.55. The summed E-state index contributed by atoms with van der Waals surface area (Å²) in [5.74, 6) is 0.909. The maximum Gasteiger partial charge on any atom is 0.319 e. The zero-order chi connectivity index (χ0) is 13.4. The Morgan fingerprint density at radius 3 is 2.83 bits per heavy atom. The highest BCUT2D eigenvalue weighted by Crippen LogP contribution is 2.15. The van der Waals surface area contributed by atoms with Crippen molar-refractivity contribution in [3.8, 4) is 0 Å². The fraction of sp³-hybridized carbons (Fsp3) is 0.615. The van der Waals surface area contributed by atoms with E-state index in [0.29, 0.717) is 18.4 Å². The van der Waals surface area contributed by atoms with Gasteiger partial charge >= 0.3 is 6.03 Å². The second-order valence-corrected chi connectivity index (χ2v) is 5.63. The number of hydrogen-bond acceptors (Lipinski definition) is 3. The molecule has 0 spiro atoms. The average molecular weight is 270 g/mol. The average Bonchev–Trinajstić information content (AvgIpc) is 2.78. The standard InChI is InChI=1S/C13H22N2O2S/c1-10(2)7-11(3-5-16)8-14-13(17)15-12-4-6-18-9-12/h4,6,9-11,16H,3,5,7-8H2,1-2H3,(H2,14,15,17). The molecular weight excluding hydrogens is 248 g/mol. The molecule has 0 aromatic carbocycles. The number of urea groups is 1. The van der Waals surface area contributed by atoms with Crippen LogP contribution in [-0.2, 0) is 0 Å². The number of hydrogen-bond donors (Lipinski definition) is 3. The molecule has 0 radical (unpaired) electrons. The van der Waals surface area contributed by atoms with Crippen molar-refractivity contribution in [1.29, 1.82) is 0 Å². The minimum Gasteiger partial charge on any atom is -0.396 e. The molecule has 1 unspecified atom stereocenters. The molecular formula is C13H22N2O2S. The van der Waals surface area contributed by atoms with Gasteiger partial charge in [-0.2, -0.15) is 11.3 Å². The molecule has 5 heteroatoms. The number of anilines is 1. The Morgan fingerprint density at radius 2 is 2.28 bits per heavy atom. The molecule has 1 heterocycles. The van der Waals surface area contributed by atoms with Crippen LogP contribution in [0.4, 0.5) is 10.5 Å². The minimum atomic E-state index is -0.180. The fourth-order valence-electron chi connectivity index (χ4n) is 1.90. The number of aliphatic hydroxyl groups is 1. The van der Waals surface area contributed by atoms with Gasteiger partial charge in [-0.3, -0.25) is 0 Å². The summed E-state index contributed by atoms with van der Waals surface area (Å²) < 4.78 is 0. The predicted octanol–water partition coefficient (Wildman–Crippen LogP) is 2.91. The number of amides is 2. The Kier molecular flexibility index (Phi) is 6.75. The molecule has 3 N–H and O–H groups in total. The van der Waals surface area contributed by atoms with Crippen LogP contribution in [0, 0.1) is 11.8 Å². The third-order valence-corrected chi connectivity index (χ3v) is 3.36. The SMILES string of the molecule is CC(C)CC(CCO)CNC(=O)Nc1ccsc1. The molecule has 4 nitrogen and oxygen atoms in total. The van der Waals surface area contributed by atoms with Crippen LogP contribution in [0.5, 0.6) is 0 Å². The first-order chi connectivity index (χ1) is 8.61. The highest BCUT2D eigenvalue weighted by Gasteiger charge is 2.12. The Labute approximate surface area is 112 Å². The van der Waals surface area contributed by atoms with E-state index in [2.05, 4.69) is 24.5 Å². The van der Waals surface area contributed by atoms with Gasteiger partial charge in [0, 0.05) is 18.5 Å². The number of carbonyl (C=O) groups excluding carboxylic acids is 1. The Bertz CT molecular complexity index is 339. The first kappa shape index (κ1) is 15.0. The summed E-state index contributed by atoms with van der Waals surface area (Å²) in [7, 11) is 0. The van der Waals surface area contributed by atoms with Crippen LogP contribution >= 0.6 is 11.3 Å². The molecule has 0 fully saturated rings. The summed E-state index contributed by atoms with van der Waals surface area (Å²) in [6.45, 7) is 5.07. The van der Waals surface area contributed by atoms with Crippen molar-refractivity contribution in [3.63, 3.8) is 0 Å². The molecule has 1 aromatic rings. The van der Waals surface area contributed by atoms with Crippen molar-refractivity contribution in [2.45, 2.75) is 26.7 Å². The maximum absolute atomic E-state index is 11.6. The highest BCUT2D eigenvalue weighted by molar-refractivity contribution is 7.08. The Morgan fingerprint density at radius 1 is 1.50 bits per heavy atom. The quantitative estimate of drug-likeness (QED) is 0.713. The lowest BCUT2D eigenvalue weighted by Crippen LogP contribution is -2.33. The Hall–Kier alpha value is -1.07. The van der Waals surface area contributed by atoms with Gasteiger partial charge in [-0.15, -0.1) is 0 Å². The van der Waals surface area contributed by atoms with E-state index in [-0.39, 0.29) is 12.6 Å². The topological polar surface area (TPSA) is 61.4 Å². The summed E-state index contributed by atoms with van der Waals surface area (Å²) in [4.78, 5) is 11.6. The maximum atomic E-state index is 11.6. The predicted molar refractivity (Wildman–Crippen MR) is 76.0 cm³/mol. The molecule has 1 atom stereocenters. The number of thiophene rings is 1. The van der Waals surface area contributed by atoms with Gasteiger partial charge in [-0.05, 0) is 36.1 Å². The second-order valence-electron chi connectivity index (χ2n) is 4.85. The van der Waals surface area contributed by atoms with Crippen molar-refractivity contribution in [2.24, 2.45) is 11.8 Å². The van der Waals surface area contributed by atoms with Crippen molar-refractivity contribution in [1.82, 2.24) is 5.32 Å². The normalized spacial score (nSPS) is 12.4. The lowest BCUT2D eigenvalue weighted by molar-refractivity contribution is 0.231. The molecule has 1 rings (SSSR count). The lowest BCUT2D eigenvalue weighted by atomic mass is 9.94. The van der Waals surface area contributed by atoms with Crippen LogP contribution < -0.4 is 10.6 Å². The van der Waals surface area contributed by atoms with E-state index in [1.807, 2.05) is 16.8 Å². The van der Waals surface area contributed by atoms with E-state index in [0.717, 1.165) is 18.5 Å². The van der Waals surface area contributed by atoms with Crippen LogP contribution in [0.25, 0.3) is 0 Å². The summed E-state index contributed by atoms with van der Waals surface area (Å²) in [6.07, 6.45) is 1.75. The summed E-state index contributed by atoms with van der Waals surface area (Å²) in [6, 6.07) is 1.68. The first-order valence-electron chi connectivity index (χ1n) is 6.29. The first-order valence-corrected chi connectivity index (χ1v) is 7.24. The molecule has 102 valence electrons. The molecule has 0 aliphatic heterocycles. The number of nitrogens with one attached hydrogen (secondary N) is 2. The van der Waals surface area contributed by atoms with Gasteiger partial charge in [0.05, 0.1) is 5.69 Å². The van der Waals surface area contributed by atoms with Gasteiger partial charge < -0.3 is 15.7 Å². The van der Waals surface area contributed by atoms with Crippen molar-refractivity contribution in [2.75, 3.05) is 18.5 Å². The van der Waals surface area contributed by atoms with Crippen LogP contribution in [0.15, 0.2) is 16.8 Å². The zero-order valence-corrected chi connectivity index (χ0v) is 11.8. The third kappa shape index (κ3) is 6.02. The smallest absolute Gasteiger partial charge is 0.319 e. The molecule has 0 saturated heterocycles. The van der Waals surface area contributed by atoms with E-state index >= 15 is 0 Å². The van der Waals surface area contributed by atoms with Gasteiger partial charge in [0.1, 0.15) is 0 Å². The lowest BCUT2D eigenvalue weighted by Gasteiger charge is -2.18. The van der Waals surface area contributed by atoms with Gasteiger partial charge in [0.2, 0.25) is 0 Å². The number of rotatable bonds is 7. The molecule has 0 aliphatic rings. The molecule has 2 amide bonds. The number of aliphatic hydroxyl groups excluding tert-OH is 1. The molecule has 1 aromatic heterocycles. The zero-order valence-electron chi connectivity index (χ0n) is 11.0. The molecule has 0 bridgehead atoms. The minimum absolute atomic E-state index is 0.172. The van der Waals surface area contributed by atoms with Crippen LogP contribution in [-0.4, -0.2) is 24.3 Å². The van der Waals surface area contributed by atoms with E-state index in [1.54, 1.807) is 11.3 Å². The van der Waals surface area contributed by atoms with Crippen LogP contribution in [0.2, 0.25) is 0 Å². The van der Waals surface area contributed by atoms with Gasteiger partial charge in [0.25, 0.3) is 0 Å². The van der Waals surface area contributed by atoms with Crippen molar-refractivity contribution < 1.29 is 9.90 Å². The van der Waals surface area contributed by atoms with E-state index in [4.69, 9.17) is 5.11 Å². The van der Waals surface area contributed by atoms with E-state index < -0.39 is 0 Å². The van der Waals surface area contributed by atoms with Gasteiger partial charge in [-0.25, -0.2) is 4.79 Å². The van der Waals surface area contributed by atoms with Crippen molar-refractivity contribution in [3.05, 3.63) is 16.8 Å².